The van der Waals surface area contributed by atoms with Crippen LogP contribution in [0.5, 0.6) is 0 Å². The van der Waals surface area contributed by atoms with Gasteiger partial charge in [0.2, 0.25) is 0 Å². The molecule has 1 aromatic heterocycles. The number of rotatable bonds is 4. The van der Waals surface area contributed by atoms with Crippen molar-refractivity contribution in [2.45, 2.75) is 5.76 Å². The lowest BCUT2D eigenvalue weighted by atomic mass is 10.3. The average molecular weight is 269 g/mol. The Labute approximate surface area is 94.8 Å². The van der Waals surface area contributed by atoms with Gasteiger partial charge in [-0.05, 0) is 0 Å². The van der Waals surface area contributed by atoms with Crippen molar-refractivity contribution in [1.29, 1.82) is 0 Å². The van der Waals surface area contributed by atoms with Crippen LogP contribution >= 0.6 is 0 Å². The molecule has 4 N–H and O–H groups in total. The lowest BCUT2D eigenvalue weighted by Gasteiger charge is -2.08. The van der Waals surface area contributed by atoms with Crippen LogP contribution in [0.15, 0.2) is 11.4 Å². The molecule has 1 aromatic rings. The van der Waals surface area contributed by atoms with Gasteiger partial charge in [0, 0.05) is 7.05 Å². The monoisotopic (exact) mass is 269 g/mol. The van der Waals surface area contributed by atoms with E-state index < -0.39 is 21.6 Å². The highest BCUT2D eigenvalue weighted by atomic mass is 32.2. The number of sulfonamides is 1. The van der Waals surface area contributed by atoms with Gasteiger partial charge in [-0.3, -0.25) is 9.40 Å². The van der Waals surface area contributed by atoms with Gasteiger partial charge < -0.3 is 10.9 Å². The number of nitrogens with one attached hydrogen (secondary N) is 1. The Morgan fingerprint density at radius 3 is 2.76 bits per heavy atom. The van der Waals surface area contributed by atoms with Crippen molar-refractivity contribution in [1.82, 2.24) is 9.78 Å². The number of nitrogens with two attached hydrogens (primary N) is 1. The fraction of sp³-hybridized carbons (Fsp3) is 0.333. The SMILES string of the molecule is Cn1ncc(C(N)=NO)c1NS(=O)(=O)C(F)F. The molecule has 11 heteroatoms. The second-order valence-corrected chi connectivity index (χ2v) is 4.57. The standard InChI is InChI=1S/C6H9F2N5O3S/c1-13-5(12-17(15,16)6(7)8)3(2-10-13)4(9)11-14/h2,6,12,14H,1H3,(H2,9,11). The van der Waals surface area contributed by atoms with E-state index >= 15 is 0 Å². The Morgan fingerprint density at radius 1 is 1.71 bits per heavy atom. The zero-order valence-corrected chi connectivity index (χ0v) is 9.32. The van der Waals surface area contributed by atoms with Crippen LogP contribution in [-0.4, -0.2) is 35.0 Å². The van der Waals surface area contributed by atoms with Crippen LogP contribution in [0.2, 0.25) is 0 Å². The van der Waals surface area contributed by atoms with E-state index in [0.29, 0.717) is 0 Å². The van der Waals surface area contributed by atoms with Crippen LogP contribution in [0.3, 0.4) is 0 Å². The van der Waals surface area contributed by atoms with Gasteiger partial charge in [0.05, 0.1) is 11.8 Å². The molecule has 0 aliphatic carbocycles. The molecule has 17 heavy (non-hydrogen) atoms. The highest BCUT2D eigenvalue weighted by molar-refractivity contribution is 7.93. The average Bonchev–Trinajstić information content (AvgIpc) is 2.59. The molecule has 0 aliphatic heterocycles. The molecule has 0 aliphatic rings. The van der Waals surface area contributed by atoms with Crippen molar-refractivity contribution in [3.8, 4) is 0 Å². The van der Waals surface area contributed by atoms with E-state index in [0.717, 1.165) is 10.9 Å². The normalized spacial score (nSPS) is 13.1. The van der Waals surface area contributed by atoms with Crippen LogP contribution in [0.1, 0.15) is 5.56 Å². The van der Waals surface area contributed by atoms with Crippen LogP contribution in [0, 0.1) is 0 Å². The lowest BCUT2D eigenvalue weighted by Crippen LogP contribution is -2.24. The first-order valence-corrected chi connectivity index (χ1v) is 5.64. The maximum atomic E-state index is 12.2. The van der Waals surface area contributed by atoms with Crippen LogP contribution in [-0.2, 0) is 17.1 Å². The number of amidine groups is 1. The molecular weight excluding hydrogens is 260 g/mol. The molecule has 0 fully saturated rings. The first-order valence-electron chi connectivity index (χ1n) is 4.09. The number of nitrogens with zero attached hydrogens (tertiary/aromatic N) is 3. The van der Waals surface area contributed by atoms with Crippen molar-refractivity contribution in [2.75, 3.05) is 4.72 Å². The van der Waals surface area contributed by atoms with E-state index in [2.05, 4.69) is 10.3 Å². The van der Waals surface area contributed by atoms with Gasteiger partial charge in [0.15, 0.2) is 5.84 Å². The van der Waals surface area contributed by atoms with Crippen LogP contribution in [0.25, 0.3) is 0 Å². The molecule has 0 atom stereocenters. The quantitative estimate of drug-likeness (QED) is 0.294. The van der Waals surface area contributed by atoms with Crippen molar-refractivity contribution in [2.24, 2.45) is 17.9 Å². The smallest absolute Gasteiger partial charge is 0.355 e. The third-order valence-corrected chi connectivity index (χ3v) is 2.74. The van der Waals surface area contributed by atoms with Gasteiger partial charge in [-0.15, -0.1) is 0 Å². The Kier molecular flexibility index (Phi) is 3.50. The van der Waals surface area contributed by atoms with Crippen molar-refractivity contribution >= 4 is 21.7 Å². The molecule has 0 saturated carbocycles. The van der Waals surface area contributed by atoms with Gasteiger partial charge in [0.1, 0.15) is 5.82 Å². The molecule has 0 radical (unpaired) electrons. The number of anilines is 1. The molecule has 0 bridgehead atoms. The lowest BCUT2D eigenvalue weighted by molar-refractivity contribution is 0.236. The Bertz CT molecular complexity index is 538. The van der Waals surface area contributed by atoms with Crippen molar-refractivity contribution in [3.63, 3.8) is 0 Å². The maximum Gasteiger partial charge on any atom is 0.355 e. The fourth-order valence-corrected chi connectivity index (χ4v) is 1.58. The summed E-state index contributed by atoms with van der Waals surface area (Å²) >= 11 is 0. The molecule has 0 aromatic carbocycles. The predicted molar refractivity (Wildman–Crippen MR) is 54.3 cm³/mol. The number of aromatic nitrogens is 2. The minimum atomic E-state index is -4.84. The third-order valence-electron chi connectivity index (χ3n) is 1.80. The molecule has 1 heterocycles. The topological polar surface area (TPSA) is 123 Å². The van der Waals surface area contributed by atoms with E-state index in [1.807, 2.05) is 0 Å². The van der Waals surface area contributed by atoms with Gasteiger partial charge in [-0.25, -0.2) is 8.42 Å². The summed E-state index contributed by atoms with van der Waals surface area (Å²) in [5.41, 5.74) is 5.12. The summed E-state index contributed by atoms with van der Waals surface area (Å²) in [4.78, 5) is 0. The highest BCUT2D eigenvalue weighted by Crippen LogP contribution is 2.17. The van der Waals surface area contributed by atoms with Crippen LogP contribution in [0.4, 0.5) is 14.6 Å². The molecule has 96 valence electrons. The zero-order chi connectivity index (χ0) is 13.2. The predicted octanol–water partition coefficient (Wildman–Crippen LogP) is -0.521. The van der Waals surface area contributed by atoms with E-state index in [1.54, 1.807) is 4.72 Å². The molecule has 0 unspecified atom stereocenters. The molecule has 0 amide bonds. The first-order chi connectivity index (χ1) is 7.79. The number of hydrogen-bond acceptors (Lipinski definition) is 5. The minimum Gasteiger partial charge on any atom is -0.409 e. The minimum absolute atomic E-state index is 0.112. The van der Waals surface area contributed by atoms with Gasteiger partial charge in [0.25, 0.3) is 10.0 Å². The van der Waals surface area contributed by atoms with E-state index in [-0.39, 0.29) is 11.4 Å². The van der Waals surface area contributed by atoms with Gasteiger partial charge in [-0.1, -0.05) is 5.16 Å². The molecular formula is C6H9F2N5O3S. The zero-order valence-electron chi connectivity index (χ0n) is 8.50. The van der Waals surface area contributed by atoms with E-state index in [9.17, 15) is 17.2 Å². The van der Waals surface area contributed by atoms with Crippen molar-refractivity contribution < 1.29 is 22.4 Å². The maximum absolute atomic E-state index is 12.2. The highest BCUT2D eigenvalue weighted by Gasteiger charge is 2.27. The van der Waals surface area contributed by atoms with Gasteiger partial charge >= 0.3 is 5.76 Å². The van der Waals surface area contributed by atoms with E-state index in [1.165, 1.54) is 7.05 Å². The summed E-state index contributed by atoms with van der Waals surface area (Å²) in [7, 11) is -3.54. The number of hydrogen-bond donors (Lipinski definition) is 3. The molecule has 0 spiro atoms. The first kappa shape index (κ1) is 13.2. The number of oxime groups is 1. The Balaban J connectivity index is 3.20. The molecule has 1 rings (SSSR count). The summed E-state index contributed by atoms with van der Waals surface area (Å²) in [6.07, 6.45) is 1.07. The Morgan fingerprint density at radius 2 is 2.29 bits per heavy atom. The largest absolute Gasteiger partial charge is 0.409 e. The summed E-state index contributed by atoms with van der Waals surface area (Å²) in [5.74, 6) is -4.37. The Hall–Kier alpha value is -1.91. The summed E-state index contributed by atoms with van der Waals surface area (Å²) in [6, 6.07) is 0. The summed E-state index contributed by atoms with van der Waals surface area (Å²) < 4.78 is 48.8. The van der Waals surface area contributed by atoms with Crippen LogP contribution < -0.4 is 10.5 Å². The van der Waals surface area contributed by atoms with Crippen molar-refractivity contribution in [3.05, 3.63) is 11.8 Å². The van der Waals surface area contributed by atoms with Gasteiger partial charge in [-0.2, -0.15) is 13.9 Å². The fourth-order valence-electron chi connectivity index (χ4n) is 0.979. The number of aryl methyl sites for hydroxylation is 1. The number of halogens is 2. The van der Waals surface area contributed by atoms with E-state index in [4.69, 9.17) is 10.9 Å². The second-order valence-electron chi connectivity index (χ2n) is 2.92. The number of alkyl halides is 2. The third kappa shape index (κ3) is 2.61. The summed E-state index contributed by atoms with van der Waals surface area (Å²) in [6.45, 7) is 0. The molecule has 0 saturated heterocycles. The summed E-state index contributed by atoms with van der Waals surface area (Å²) in [5, 5.41) is 14.7. The molecule has 8 nitrogen and oxygen atoms in total. The second kappa shape index (κ2) is 4.53.